The maximum Gasteiger partial charge on any atom is -0.147 e. The molecule has 0 spiro atoms. The van der Waals surface area contributed by atoms with Gasteiger partial charge >= 0.3 is 110 Å². The van der Waals surface area contributed by atoms with Crippen molar-refractivity contribution in [2.45, 2.75) is 38.3 Å². The Bertz CT molecular complexity index is 358. The second-order valence-corrected chi connectivity index (χ2v) is 10.0. The van der Waals surface area contributed by atoms with Crippen LogP contribution in [0.5, 0.6) is 0 Å². The first-order valence-corrected chi connectivity index (χ1v) is 8.53. The molecule has 0 radical (unpaired) electrons. The van der Waals surface area contributed by atoms with Crippen LogP contribution in [0.1, 0.15) is 34.6 Å². The van der Waals surface area contributed by atoms with Crippen LogP contribution >= 0.6 is 37.2 Å². The van der Waals surface area contributed by atoms with Crippen LogP contribution < -0.4 is 0 Å². The van der Waals surface area contributed by atoms with Gasteiger partial charge in [-0.15, -0.1) is 37.2 Å². The molecular weight excluding hydrogens is 358 g/mol. The molecule has 0 bridgehead atoms. The van der Waals surface area contributed by atoms with Crippen molar-refractivity contribution in [2.75, 3.05) is 21.3 Å². The SMILES string of the molecule is C[O][Ti]([O]C)([O]C)[C]1(C)C(C)=C(C)C(C)=C1C.Cl.Cl.Cl. The molecule has 0 unspecified atom stereocenters. The van der Waals surface area contributed by atoms with E-state index in [4.69, 9.17) is 9.96 Å². The number of allylic oxidation sites excluding steroid dienone is 4. The van der Waals surface area contributed by atoms with Crippen molar-refractivity contribution in [3.05, 3.63) is 22.3 Å². The predicted octanol–water partition coefficient (Wildman–Crippen LogP) is 4.95. The molecule has 20 heavy (non-hydrogen) atoms. The van der Waals surface area contributed by atoms with Crippen molar-refractivity contribution in [3.63, 3.8) is 0 Å². The third-order valence-electron chi connectivity index (χ3n) is 4.61. The van der Waals surface area contributed by atoms with Gasteiger partial charge < -0.3 is 0 Å². The van der Waals surface area contributed by atoms with Crippen LogP contribution in [0.15, 0.2) is 22.3 Å². The molecule has 0 saturated carbocycles. The standard InChI is InChI=1S/C10H15.3CH3O.3ClH.Ti/c1-6-7(2)9(4)10(5)8(6)3;3*1-2;;;;/h1-5H3;3*1H3;3*1H;/q;3*-1;;;;+3. The number of hydrogen-bond acceptors (Lipinski definition) is 3. The fourth-order valence-electron chi connectivity index (χ4n) is 2.92. The average Bonchev–Trinajstić information content (AvgIpc) is 2.49. The van der Waals surface area contributed by atoms with Crippen molar-refractivity contribution >= 4 is 37.2 Å². The molecule has 1 rings (SSSR count). The van der Waals surface area contributed by atoms with Crippen molar-refractivity contribution in [1.82, 2.24) is 0 Å². The number of hydrogen-bond donors (Lipinski definition) is 0. The minimum Gasteiger partial charge on any atom is -0.147 e. The molecular formula is C13H27Cl3O3Ti. The maximum absolute atomic E-state index is 5.74. The molecule has 7 heteroatoms. The van der Waals surface area contributed by atoms with Crippen molar-refractivity contribution in [2.24, 2.45) is 0 Å². The van der Waals surface area contributed by atoms with Gasteiger partial charge in [-0.1, -0.05) is 0 Å². The zero-order chi connectivity index (χ0) is 13.4. The minimum absolute atomic E-state index is 0. The molecule has 0 N–H and O–H groups in total. The van der Waals surface area contributed by atoms with Gasteiger partial charge in [0.05, 0.1) is 0 Å². The summed E-state index contributed by atoms with van der Waals surface area (Å²) in [7, 11) is 5.09. The molecule has 1 aliphatic carbocycles. The Morgan fingerprint density at radius 2 is 0.950 bits per heavy atom. The van der Waals surface area contributed by atoms with Crippen LogP contribution in [0.2, 0.25) is 3.72 Å². The van der Waals surface area contributed by atoms with E-state index >= 15 is 0 Å². The fraction of sp³-hybridized carbons (Fsp3) is 0.692. The summed E-state index contributed by atoms with van der Waals surface area (Å²) in [5.74, 6) is 0. The van der Waals surface area contributed by atoms with Gasteiger partial charge in [-0.3, -0.25) is 0 Å². The Morgan fingerprint density at radius 1 is 0.700 bits per heavy atom. The topological polar surface area (TPSA) is 27.7 Å². The van der Waals surface area contributed by atoms with E-state index in [1.54, 1.807) is 21.3 Å². The summed E-state index contributed by atoms with van der Waals surface area (Å²) in [5, 5.41) is 0. The molecule has 0 aromatic carbocycles. The van der Waals surface area contributed by atoms with E-state index in [2.05, 4.69) is 34.6 Å². The third-order valence-corrected chi connectivity index (χ3v) is 10.2. The third kappa shape index (κ3) is 3.31. The first-order valence-electron chi connectivity index (χ1n) is 5.84. The van der Waals surface area contributed by atoms with E-state index in [1.807, 2.05) is 0 Å². The largest absolute Gasteiger partial charge is 0.147 e. The molecule has 122 valence electrons. The van der Waals surface area contributed by atoms with Gasteiger partial charge in [-0.2, -0.15) is 0 Å². The smallest absolute Gasteiger partial charge is 0.147 e. The Kier molecular flexibility index (Phi) is 11.9. The van der Waals surface area contributed by atoms with Crippen LogP contribution in [-0.4, -0.2) is 21.3 Å². The van der Waals surface area contributed by atoms with E-state index < -0.39 is 17.8 Å². The molecule has 0 amide bonds. The Balaban J connectivity index is -0.000000963. The summed E-state index contributed by atoms with van der Waals surface area (Å²) in [5.41, 5.74) is 5.31. The van der Waals surface area contributed by atoms with Gasteiger partial charge in [0.1, 0.15) is 0 Å². The zero-order valence-corrected chi connectivity index (χ0v) is 17.5. The zero-order valence-electron chi connectivity index (χ0n) is 13.4. The summed E-state index contributed by atoms with van der Waals surface area (Å²) in [4.78, 5) is 0. The summed E-state index contributed by atoms with van der Waals surface area (Å²) in [6.45, 7) is 10.8. The number of rotatable bonds is 4. The molecule has 3 nitrogen and oxygen atoms in total. The molecule has 0 aromatic rings. The molecule has 0 aliphatic heterocycles. The normalized spacial score (nSPS) is 17.4. The van der Waals surface area contributed by atoms with Crippen LogP contribution in [0.4, 0.5) is 0 Å². The Labute approximate surface area is 146 Å². The quantitative estimate of drug-likeness (QED) is 0.641. The fourth-order valence-corrected chi connectivity index (χ4v) is 7.63. The van der Waals surface area contributed by atoms with Crippen LogP contribution in [0.25, 0.3) is 0 Å². The van der Waals surface area contributed by atoms with Gasteiger partial charge in [0.25, 0.3) is 0 Å². The summed E-state index contributed by atoms with van der Waals surface area (Å²) >= 11 is -3.32. The molecule has 0 saturated heterocycles. The van der Waals surface area contributed by atoms with E-state index in [1.165, 1.54) is 22.3 Å². The van der Waals surface area contributed by atoms with E-state index in [9.17, 15) is 0 Å². The van der Waals surface area contributed by atoms with Gasteiger partial charge in [-0.05, 0) is 0 Å². The summed E-state index contributed by atoms with van der Waals surface area (Å²) < 4.78 is 17.0. The van der Waals surface area contributed by atoms with Crippen molar-refractivity contribution in [3.8, 4) is 0 Å². The Hall–Kier alpha value is 0.944. The van der Waals surface area contributed by atoms with Crippen molar-refractivity contribution < 1.29 is 27.7 Å². The summed E-state index contributed by atoms with van der Waals surface area (Å²) in [6, 6.07) is 0. The molecule has 0 fully saturated rings. The molecule has 0 heterocycles. The molecule has 0 atom stereocenters. The van der Waals surface area contributed by atoms with E-state index in [-0.39, 0.29) is 40.9 Å². The van der Waals surface area contributed by atoms with Crippen molar-refractivity contribution in [1.29, 1.82) is 0 Å². The predicted molar refractivity (Wildman–Crippen MR) is 87.9 cm³/mol. The van der Waals surface area contributed by atoms with Gasteiger partial charge in [0, 0.05) is 0 Å². The van der Waals surface area contributed by atoms with Crippen LogP contribution in [0.3, 0.4) is 0 Å². The van der Waals surface area contributed by atoms with Gasteiger partial charge in [0.15, 0.2) is 0 Å². The maximum atomic E-state index is 5.74. The first-order chi connectivity index (χ1) is 7.82. The summed E-state index contributed by atoms with van der Waals surface area (Å²) in [6.07, 6.45) is 0. The van der Waals surface area contributed by atoms with Crippen LogP contribution in [0, 0.1) is 0 Å². The molecule has 1 aliphatic rings. The second-order valence-electron chi connectivity index (χ2n) is 4.79. The van der Waals surface area contributed by atoms with Crippen LogP contribution in [-0.2, 0) is 27.7 Å². The average molecular weight is 386 g/mol. The van der Waals surface area contributed by atoms with Gasteiger partial charge in [-0.25, -0.2) is 0 Å². The Morgan fingerprint density at radius 3 is 1.15 bits per heavy atom. The monoisotopic (exact) mass is 384 g/mol. The second kappa shape index (κ2) is 9.17. The molecule has 0 aromatic heterocycles. The first kappa shape index (κ1) is 25.9. The van der Waals surface area contributed by atoms with Gasteiger partial charge in [0.2, 0.25) is 0 Å². The van der Waals surface area contributed by atoms with E-state index in [0.29, 0.717) is 0 Å². The number of halogens is 3. The minimum atomic E-state index is -3.32. The van der Waals surface area contributed by atoms with E-state index in [0.717, 1.165) is 0 Å².